The summed E-state index contributed by atoms with van der Waals surface area (Å²) in [5.74, 6) is 5.44. The molecule has 1 aromatic rings. The molecule has 0 aliphatic heterocycles. The van der Waals surface area contributed by atoms with E-state index in [2.05, 4.69) is 30.2 Å². The van der Waals surface area contributed by atoms with Crippen molar-refractivity contribution < 1.29 is 0 Å². The zero-order chi connectivity index (χ0) is 13.7. The second-order valence-electron chi connectivity index (χ2n) is 5.73. The van der Waals surface area contributed by atoms with Gasteiger partial charge in [-0.15, -0.1) is 0 Å². The second kappa shape index (κ2) is 7.13. The van der Waals surface area contributed by atoms with Gasteiger partial charge in [0.05, 0.1) is 5.75 Å². The first-order chi connectivity index (χ1) is 9.19. The number of nitrogens with zero attached hydrogens (tertiary/aromatic N) is 2. The maximum atomic E-state index is 4.79. The SMILES string of the molecule is CNc1cc(C2CCCC2)nc(CSCC(C)C)n1. The van der Waals surface area contributed by atoms with Crippen LogP contribution in [0, 0.1) is 5.92 Å². The van der Waals surface area contributed by atoms with E-state index in [0.717, 1.165) is 23.3 Å². The first-order valence-electron chi connectivity index (χ1n) is 7.32. The van der Waals surface area contributed by atoms with Crippen LogP contribution in [-0.4, -0.2) is 22.8 Å². The lowest BCUT2D eigenvalue weighted by Crippen LogP contribution is -2.06. The highest BCUT2D eigenvalue weighted by molar-refractivity contribution is 7.98. The summed E-state index contributed by atoms with van der Waals surface area (Å²) in [7, 11) is 1.94. The molecule has 0 spiro atoms. The molecule has 0 aromatic carbocycles. The van der Waals surface area contributed by atoms with E-state index in [1.54, 1.807) is 0 Å². The third-order valence-electron chi connectivity index (χ3n) is 3.50. The summed E-state index contributed by atoms with van der Waals surface area (Å²) in [6, 6.07) is 2.13. The highest BCUT2D eigenvalue weighted by Crippen LogP contribution is 2.33. The molecule has 0 saturated heterocycles. The largest absolute Gasteiger partial charge is 0.373 e. The van der Waals surface area contributed by atoms with E-state index >= 15 is 0 Å². The molecule has 2 rings (SSSR count). The van der Waals surface area contributed by atoms with Crippen LogP contribution in [0.1, 0.15) is 57.0 Å². The number of hydrogen-bond acceptors (Lipinski definition) is 4. The molecule has 0 amide bonds. The maximum absolute atomic E-state index is 4.79. The van der Waals surface area contributed by atoms with Crippen LogP contribution < -0.4 is 5.32 Å². The lowest BCUT2D eigenvalue weighted by molar-refractivity contribution is 0.688. The Bertz CT molecular complexity index is 400. The van der Waals surface area contributed by atoms with Gasteiger partial charge >= 0.3 is 0 Å². The van der Waals surface area contributed by atoms with Gasteiger partial charge in [0, 0.05) is 24.7 Å². The van der Waals surface area contributed by atoms with E-state index in [1.165, 1.54) is 37.1 Å². The minimum atomic E-state index is 0.656. The van der Waals surface area contributed by atoms with Crippen molar-refractivity contribution in [3.63, 3.8) is 0 Å². The molecule has 1 aliphatic rings. The predicted molar refractivity (Wildman–Crippen MR) is 83.8 cm³/mol. The van der Waals surface area contributed by atoms with Gasteiger partial charge in [0.1, 0.15) is 11.6 Å². The highest BCUT2D eigenvalue weighted by Gasteiger charge is 2.19. The normalized spacial score (nSPS) is 16.2. The van der Waals surface area contributed by atoms with E-state index in [9.17, 15) is 0 Å². The number of anilines is 1. The van der Waals surface area contributed by atoms with Crippen LogP contribution in [0.25, 0.3) is 0 Å². The minimum Gasteiger partial charge on any atom is -0.373 e. The third kappa shape index (κ3) is 4.37. The number of rotatable bonds is 6. The Hall–Kier alpha value is -0.770. The Morgan fingerprint density at radius 3 is 2.68 bits per heavy atom. The zero-order valence-corrected chi connectivity index (χ0v) is 13.1. The Morgan fingerprint density at radius 1 is 1.32 bits per heavy atom. The molecule has 1 N–H and O–H groups in total. The summed E-state index contributed by atoms with van der Waals surface area (Å²) in [6.07, 6.45) is 5.28. The topological polar surface area (TPSA) is 37.8 Å². The van der Waals surface area contributed by atoms with Crippen molar-refractivity contribution in [1.82, 2.24) is 9.97 Å². The van der Waals surface area contributed by atoms with Crippen LogP contribution in [0.4, 0.5) is 5.82 Å². The Labute approximate surface area is 121 Å². The quantitative estimate of drug-likeness (QED) is 0.852. The molecule has 4 heteroatoms. The van der Waals surface area contributed by atoms with Crippen LogP contribution in [0.2, 0.25) is 0 Å². The lowest BCUT2D eigenvalue weighted by atomic mass is 10.0. The molecule has 1 aliphatic carbocycles. The van der Waals surface area contributed by atoms with Crippen molar-refractivity contribution in [2.24, 2.45) is 5.92 Å². The fraction of sp³-hybridized carbons (Fsp3) is 0.733. The smallest absolute Gasteiger partial charge is 0.140 e. The number of nitrogens with one attached hydrogen (secondary N) is 1. The molecule has 106 valence electrons. The van der Waals surface area contributed by atoms with Gasteiger partial charge in [0.25, 0.3) is 0 Å². The zero-order valence-electron chi connectivity index (χ0n) is 12.3. The first-order valence-corrected chi connectivity index (χ1v) is 8.48. The number of aromatic nitrogens is 2. The summed E-state index contributed by atoms with van der Waals surface area (Å²) < 4.78 is 0. The van der Waals surface area contributed by atoms with E-state index in [-0.39, 0.29) is 0 Å². The van der Waals surface area contributed by atoms with Crippen LogP contribution >= 0.6 is 11.8 Å². The summed E-state index contributed by atoms with van der Waals surface area (Å²) in [5, 5.41) is 3.17. The molecule has 0 unspecified atom stereocenters. The molecular formula is C15H25N3S. The van der Waals surface area contributed by atoms with Gasteiger partial charge in [-0.2, -0.15) is 11.8 Å². The molecule has 1 saturated carbocycles. The van der Waals surface area contributed by atoms with Crippen molar-refractivity contribution in [2.75, 3.05) is 18.1 Å². The van der Waals surface area contributed by atoms with E-state index < -0.39 is 0 Å². The van der Waals surface area contributed by atoms with Crippen LogP contribution in [0.3, 0.4) is 0 Å². The molecular weight excluding hydrogens is 254 g/mol. The van der Waals surface area contributed by atoms with Gasteiger partial charge in [0.15, 0.2) is 0 Å². The van der Waals surface area contributed by atoms with Crippen LogP contribution in [0.5, 0.6) is 0 Å². The fourth-order valence-corrected chi connectivity index (χ4v) is 3.43. The Morgan fingerprint density at radius 2 is 2.05 bits per heavy atom. The van der Waals surface area contributed by atoms with E-state index in [4.69, 9.17) is 4.98 Å². The Balaban J connectivity index is 2.06. The average Bonchev–Trinajstić information content (AvgIpc) is 2.92. The van der Waals surface area contributed by atoms with E-state index in [1.807, 2.05) is 18.8 Å². The van der Waals surface area contributed by atoms with Gasteiger partial charge in [-0.3, -0.25) is 0 Å². The number of thioether (sulfide) groups is 1. The molecule has 1 heterocycles. The van der Waals surface area contributed by atoms with Gasteiger partial charge in [-0.1, -0.05) is 26.7 Å². The molecule has 3 nitrogen and oxygen atoms in total. The van der Waals surface area contributed by atoms with Crippen molar-refractivity contribution in [2.45, 2.75) is 51.2 Å². The summed E-state index contributed by atoms with van der Waals surface area (Å²) >= 11 is 1.93. The van der Waals surface area contributed by atoms with Crippen molar-refractivity contribution in [3.8, 4) is 0 Å². The van der Waals surface area contributed by atoms with Gasteiger partial charge in [-0.05, 0) is 24.5 Å². The molecule has 1 fully saturated rings. The van der Waals surface area contributed by atoms with Crippen molar-refractivity contribution in [1.29, 1.82) is 0 Å². The average molecular weight is 279 g/mol. The van der Waals surface area contributed by atoms with Crippen molar-refractivity contribution >= 4 is 17.6 Å². The first kappa shape index (κ1) is 14.6. The molecule has 0 radical (unpaired) electrons. The van der Waals surface area contributed by atoms with Crippen molar-refractivity contribution in [3.05, 3.63) is 17.6 Å². The van der Waals surface area contributed by atoms with Gasteiger partial charge in [0.2, 0.25) is 0 Å². The monoisotopic (exact) mass is 279 g/mol. The standard InChI is InChI=1S/C15H25N3S/c1-11(2)9-19-10-15-17-13(8-14(16-3)18-15)12-6-4-5-7-12/h8,11-12H,4-7,9-10H2,1-3H3,(H,16,17,18). The maximum Gasteiger partial charge on any atom is 0.140 e. The highest BCUT2D eigenvalue weighted by atomic mass is 32.2. The summed E-state index contributed by atoms with van der Waals surface area (Å²) in [5.41, 5.74) is 1.25. The minimum absolute atomic E-state index is 0.656. The third-order valence-corrected chi connectivity index (χ3v) is 4.87. The molecule has 1 aromatic heterocycles. The molecule has 19 heavy (non-hydrogen) atoms. The lowest BCUT2D eigenvalue weighted by Gasteiger charge is -2.12. The predicted octanol–water partition coefficient (Wildman–Crippen LogP) is 4.07. The second-order valence-corrected chi connectivity index (χ2v) is 6.76. The van der Waals surface area contributed by atoms with Gasteiger partial charge in [-0.25, -0.2) is 9.97 Å². The van der Waals surface area contributed by atoms with Gasteiger partial charge < -0.3 is 5.32 Å². The van der Waals surface area contributed by atoms with Crippen LogP contribution in [-0.2, 0) is 5.75 Å². The summed E-state index contributed by atoms with van der Waals surface area (Å²) in [4.78, 5) is 9.37. The number of hydrogen-bond donors (Lipinski definition) is 1. The fourth-order valence-electron chi connectivity index (χ4n) is 2.53. The molecule has 0 bridgehead atoms. The Kier molecular flexibility index (Phi) is 5.49. The summed E-state index contributed by atoms with van der Waals surface area (Å²) in [6.45, 7) is 4.50. The van der Waals surface area contributed by atoms with E-state index in [0.29, 0.717) is 5.92 Å². The van der Waals surface area contributed by atoms with Crippen LogP contribution in [0.15, 0.2) is 6.07 Å². The molecule has 0 atom stereocenters.